The molecule has 1 aromatic rings. The van der Waals surface area contributed by atoms with Crippen molar-refractivity contribution in [3.63, 3.8) is 0 Å². The second kappa shape index (κ2) is 6.50. The Kier molecular flexibility index (Phi) is 4.66. The molecule has 1 unspecified atom stereocenters. The van der Waals surface area contributed by atoms with Gasteiger partial charge in [0.2, 0.25) is 0 Å². The molecule has 2 heterocycles. The third kappa shape index (κ3) is 3.67. The van der Waals surface area contributed by atoms with Crippen LogP contribution in [-0.4, -0.2) is 31.1 Å². The predicted octanol–water partition coefficient (Wildman–Crippen LogP) is 3.78. The fraction of sp³-hybridized carbons (Fsp3) is 0.684. The van der Waals surface area contributed by atoms with Gasteiger partial charge in [-0.25, -0.2) is 0 Å². The molecule has 2 nitrogen and oxygen atoms in total. The predicted molar refractivity (Wildman–Crippen MR) is 89.6 cm³/mol. The molecule has 1 aromatic carbocycles. The summed E-state index contributed by atoms with van der Waals surface area (Å²) in [5, 5.41) is 3.62. The second-order valence-electron chi connectivity index (χ2n) is 7.49. The van der Waals surface area contributed by atoms with Crippen LogP contribution < -0.4 is 5.32 Å². The van der Waals surface area contributed by atoms with Crippen LogP contribution in [0.3, 0.4) is 0 Å². The van der Waals surface area contributed by atoms with Crippen molar-refractivity contribution < 1.29 is 0 Å². The molecule has 1 N–H and O–H groups in total. The minimum absolute atomic E-state index is 0.564. The Morgan fingerprint density at radius 2 is 1.90 bits per heavy atom. The van der Waals surface area contributed by atoms with E-state index in [0.717, 1.165) is 6.54 Å². The van der Waals surface area contributed by atoms with E-state index in [9.17, 15) is 0 Å². The highest BCUT2D eigenvalue weighted by Crippen LogP contribution is 2.36. The van der Waals surface area contributed by atoms with E-state index in [1.165, 1.54) is 63.0 Å². The van der Waals surface area contributed by atoms with Gasteiger partial charge in [-0.15, -0.1) is 0 Å². The van der Waals surface area contributed by atoms with Gasteiger partial charge in [0.05, 0.1) is 0 Å². The third-order valence-corrected chi connectivity index (χ3v) is 5.35. The Morgan fingerprint density at radius 3 is 2.57 bits per heavy atom. The smallest absolute Gasteiger partial charge is 0.0233 e. The summed E-state index contributed by atoms with van der Waals surface area (Å²) in [4.78, 5) is 2.68. The molecule has 2 fully saturated rings. The maximum absolute atomic E-state index is 3.62. The summed E-state index contributed by atoms with van der Waals surface area (Å²) in [6, 6.07) is 9.27. The molecular formula is C19H30N2. The van der Waals surface area contributed by atoms with Crippen molar-refractivity contribution in [3.05, 3.63) is 35.4 Å². The molecule has 3 rings (SSSR count). The van der Waals surface area contributed by atoms with Crippen molar-refractivity contribution in [3.8, 4) is 0 Å². The van der Waals surface area contributed by atoms with Crippen LogP contribution in [-0.2, 0) is 6.54 Å². The third-order valence-electron chi connectivity index (χ3n) is 5.35. The van der Waals surface area contributed by atoms with E-state index in [-0.39, 0.29) is 0 Å². The molecule has 0 aliphatic carbocycles. The highest BCUT2D eigenvalue weighted by molar-refractivity contribution is 5.24. The summed E-state index contributed by atoms with van der Waals surface area (Å²) < 4.78 is 0. The van der Waals surface area contributed by atoms with Crippen LogP contribution >= 0.6 is 0 Å². The number of benzene rings is 1. The first kappa shape index (κ1) is 15.1. The highest BCUT2D eigenvalue weighted by Gasteiger charge is 2.36. The summed E-state index contributed by atoms with van der Waals surface area (Å²) in [7, 11) is 0. The van der Waals surface area contributed by atoms with Crippen LogP contribution in [0.15, 0.2) is 24.3 Å². The van der Waals surface area contributed by atoms with Crippen molar-refractivity contribution in [2.45, 2.75) is 52.0 Å². The Bertz CT molecular complexity index is 438. The zero-order valence-electron chi connectivity index (χ0n) is 13.7. The lowest BCUT2D eigenvalue weighted by Gasteiger charge is -2.45. The van der Waals surface area contributed by atoms with Crippen molar-refractivity contribution >= 4 is 0 Å². The average Bonchev–Trinajstić information content (AvgIpc) is 2.49. The Morgan fingerprint density at radius 1 is 1.14 bits per heavy atom. The fourth-order valence-electron chi connectivity index (χ4n) is 4.09. The first-order chi connectivity index (χ1) is 10.2. The summed E-state index contributed by atoms with van der Waals surface area (Å²) in [5.74, 6) is 0.630. The van der Waals surface area contributed by atoms with E-state index in [1.807, 2.05) is 0 Å². The Labute approximate surface area is 129 Å². The van der Waals surface area contributed by atoms with Gasteiger partial charge in [-0.3, -0.25) is 4.90 Å². The first-order valence-electron chi connectivity index (χ1n) is 8.69. The summed E-state index contributed by atoms with van der Waals surface area (Å²) >= 11 is 0. The van der Waals surface area contributed by atoms with Crippen molar-refractivity contribution in [2.75, 3.05) is 26.2 Å². The molecule has 0 amide bonds. The van der Waals surface area contributed by atoms with Crippen LogP contribution in [0.4, 0.5) is 0 Å². The highest BCUT2D eigenvalue weighted by atomic mass is 15.1. The number of hydrogen-bond donors (Lipinski definition) is 1. The van der Waals surface area contributed by atoms with Gasteiger partial charge in [0.25, 0.3) is 0 Å². The van der Waals surface area contributed by atoms with Gasteiger partial charge in [0.1, 0.15) is 0 Å². The fourth-order valence-corrected chi connectivity index (χ4v) is 4.09. The Hall–Kier alpha value is -0.860. The number of likely N-dealkylation sites (tertiary alicyclic amines) is 1. The van der Waals surface area contributed by atoms with E-state index in [1.54, 1.807) is 0 Å². The molecule has 21 heavy (non-hydrogen) atoms. The minimum Gasteiger partial charge on any atom is -0.316 e. The van der Waals surface area contributed by atoms with Gasteiger partial charge < -0.3 is 5.32 Å². The standard InChI is InChI=1S/C19H30N2/c1-16(2)18-7-5-17(6-8-18)13-21-12-4-10-19(15-21)9-3-11-20-14-19/h5-8,16,20H,3-4,9-15H2,1-2H3. The van der Waals surface area contributed by atoms with Crippen molar-refractivity contribution in [1.82, 2.24) is 10.2 Å². The molecule has 2 heteroatoms. The lowest BCUT2D eigenvalue weighted by atomic mass is 9.74. The number of nitrogens with one attached hydrogen (secondary N) is 1. The SMILES string of the molecule is CC(C)c1ccc(CN2CCCC3(CCCNC3)C2)cc1. The van der Waals surface area contributed by atoms with Crippen LogP contribution in [0.2, 0.25) is 0 Å². The van der Waals surface area contributed by atoms with Crippen molar-refractivity contribution in [2.24, 2.45) is 5.41 Å². The second-order valence-corrected chi connectivity index (χ2v) is 7.49. The number of piperidine rings is 2. The monoisotopic (exact) mass is 286 g/mol. The largest absolute Gasteiger partial charge is 0.316 e. The van der Waals surface area contributed by atoms with Gasteiger partial charge in [0.15, 0.2) is 0 Å². The number of rotatable bonds is 3. The van der Waals surface area contributed by atoms with E-state index >= 15 is 0 Å². The molecule has 1 atom stereocenters. The maximum atomic E-state index is 3.62. The molecule has 116 valence electrons. The van der Waals surface area contributed by atoms with Crippen LogP contribution in [0.1, 0.15) is 56.6 Å². The lowest BCUT2D eigenvalue weighted by molar-refractivity contribution is 0.0601. The van der Waals surface area contributed by atoms with Gasteiger partial charge in [0, 0.05) is 19.6 Å². The summed E-state index contributed by atoms with van der Waals surface area (Å²) in [6.07, 6.45) is 5.56. The molecular weight excluding hydrogens is 256 g/mol. The van der Waals surface area contributed by atoms with Crippen LogP contribution in [0.25, 0.3) is 0 Å². The summed E-state index contributed by atoms with van der Waals surface area (Å²) in [5.41, 5.74) is 3.49. The van der Waals surface area contributed by atoms with Crippen LogP contribution in [0.5, 0.6) is 0 Å². The van der Waals surface area contributed by atoms with Crippen molar-refractivity contribution in [1.29, 1.82) is 0 Å². The zero-order valence-corrected chi connectivity index (χ0v) is 13.7. The quantitative estimate of drug-likeness (QED) is 0.910. The molecule has 0 radical (unpaired) electrons. The Balaban J connectivity index is 1.61. The molecule has 1 spiro atoms. The van der Waals surface area contributed by atoms with E-state index in [4.69, 9.17) is 0 Å². The zero-order chi connectivity index (χ0) is 14.7. The van der Waals surface area contributed by atoms with Gasteiger partial charge in [-0.05, 0) is 61.2 Å². The van der Waals surface area contributed by atoms with E-state index < -0.39 is 0 Å². The molecule has 2 saturated heterocycles. The summed E-state index contributed by atoms with van der Waals surface area (Å²) in [6.45, 7) is 10.7. The molecule has 2 aliphatic rings. The minimum atomic E-state index is 0.564. The van der Waals surface area contributed by atoms with Gasteiger partial charge in [-0.2, -0.15) is 0 Å². The van der Waals surface area contributed by atoms with Gasteiger partial charge in [-0.1, -0.05) is 38.1 Å². The maximum Gasteiger partial charge on any atom is 0.0233 e. The van der Waals surface area contributed by atoms with E-state index in [0.29, 0.717) is 11.3 Å². The number of nitrogens with zero attached hydrogens (tertiary/aromatic N) is 1. The number of hydrogen-bond acceptors (Lipinski definition) is 2. The van der Waals surface area contributed by atoms with Crippen LogP contribution in [0, 0.1) is 5.41 Å². The molecule has 0 aromatic heterocycles. The lowest BCUT2D eigenvalue weighted by Crippen LogP contribution is -2.50. The topological polar surface area (TPSA) is 15.3 Å². The average molecular weight is 286 g/mol. The molecule has 0 bridgehead atoms. The normalized spacial score (nSPS) is 27.4. The van der Waals surface area contributed by atoms with E-state index in [2.05, 4.69) is 48.3 Å². The van der Waals surface area contributed by atoms with Gasteiger partial charge >= 0.3 is 0 Å². The molecule has 0 saturated carbocycles. The first-order valence-corrected chi connectivity index (χ1v) is 8.69. The molecule has 2 aliphatic heterocycles.